The van der Waals surface area contributed by atoms with E-state index in [2.05, 4.69) is 31.9 Å². The monoisotopic (exact) mass is 340 g/mol. The average molecular weight is 342 g/mol. The van der Waals surface area contributed by atoms with Crippen LogP contribution >= 0.6 is 43.5 Å². The van der Waals surface area contributed by atoms with Gasteiger partial charge in [-0.1, -0.05) is 15.9 Å². The molecular weight excluding hydrogens is 335 g/mol. The fraction of sp³-hybridized carbons (Fsp3) is 0.222. The molecule has 14 heavy (non-hydrogen) atoms. The summed E-state index contributed by atoms with van der Waals surface area (Å²) in [6.45, 7) is 1.60. The molecule has 0 bridgehead atoms. The molecular formula is C9H7Br2ClO2. The summed E-state index contributed by atoms with van der Waals surface area (Å²) in [5.41, 5.74) is 0. The summed E-state index contributed by atoms with van der Waals surface area (Å²) in [5.74, 6) is 0.592. The van der Waals surface area contributed by atoms with E-state index in [0.29, 0.717) is 5.75 Å². The summed E-state index contributed by atoms with van der Waals surface area (Å²) in [6, 6.07) is 5.41. The average Bonchev–Trinajstić information content (AvgIpc) is 2.09. The molecule has 0 heterocycles. The third-order valence-electron chi connectivity index (χ3n) is 1.52. The van der Waals surface area contributed by atoms with Gasteiger partial charge in [0.25, 0.3) is 5.24 Å². The predicted molar refractivity (Wildman–Crippen MR) is 62.8 cm³/mol. The van der Waals surface area contributed by atoms with Crippen LogP contribution in [0.25, 0.3) is 0 Å². The molecule has 1 aromatic carbocycles. The van der Waals surface area contributed by atoms with Crippen LogP contribution in [0.4, 0.5) is 0 Å². The van der Waals surface area contributed by atoms with Gasteiger partial charge in [-0.3, -0.25) is 4.79 Å². The summed E-state index contributed by atoms with van der Waals surface area (Å²) in [7, 11) is 0. The van der Waals surface area contributed by atoms with Crippen LogP contribution in [-0.2, 0) is 4.79 Å². The van der Waals surface area contributed by atoms with Gasteiger partial charge >= 0.3 is 0 Å². The van der Waals surface area contributed by atoms with Crippen molar-refractivity contribution in [2.24, 2.45) is 0 Å². The smallest absolute Gasteiger partial charge is 0.262 e. The van der Waals surface area contributed by atoms with Crippen LogP contribution in [0.5, 0.6) is 5.75 Å². The minimum atomic E-state index is -0.644. The van der Waals surface area contributed by atoms with Crippen molar-refractivity contribution < 1.29 is 9.53 Å². The van der Waals surface area contributed by atoms with Gasteiger partial charge in [0.05, 0.1) is 4.47 Å². The number of carbonyl (C=O) groups excluding carboxylic acids is 1. The third kappa shape index (κ3) is 3.26. The Morgan fingerprint density at radius 3 is 2.64 bits per heavy atom. The molecule has 0 spiro atoms. The lowest BCUT2D eigenvalue weighted by Gasteiger charge is -2.11. The first-order valence-corrected chi connectivity index (χ1v) is 5.78. The molecule has 0 aliphatic heterocycles. The lowest BCUT2D eigenvalue weighted by molar-refractivity contribution is -0.117. The largest absolute Gasteiger partial charge is 0.480 e. The van der Waals surface area contributed by atoms with E-state index < -0.39 is 11.3 Å². The number of benzene rings is 1. The van der Waals surface area contributed by atoms with Gasteiger partial charge in [-0.05, 0) is 52.7 Å². The zero-order valence-corrected chi connectivity index (χ0v) is 11.2. The van der Waals surface area contributed by atoms with Gasteiger partial charge in [-0.25, -0.2) is 0 Å². The first kappa shape index (κ1) is 12.0. The number of halogens is 3. The molecule has 0 aliphatic rings. The Bertz CT molecular complexity index is 355. The number of ether oxygens (including phenoxy) is 1. The zero-order chi connectivity index (χ0) is 10.7. The van der Waals surface area contributed by atoms with Crippen molar-refractivity contribution in [3.63, 3.8) is 0 Å². The fourth-order valence-electron chi connectivity index (χ4n) is 0.808. The summed E-state index contributed by atoms with van der Waals surface area (Å²) in [5, 5.41) is -0.514. The van der Waals surface area contributed by atoms with E-state index >= 15 is 0 Å². The topological polar surface area (TPSA) is 26.3 Å². The Morgan fingerprint density at radius 1 is 1.50 bits per heavy atom. The van der Waals surface area contributed by atoms with E-state index in [1.807, 2.05) is 12.1 Å². The Balaban J connectivity index is 2.82. The van der Waals surface area contributed by atoms with Crippen molar-refractivity contribution >= 4 is 48.7 Å². The second-order valence-electron chi connectivity index (χ2n) is 2.64. The molecule has 1 atom stereocenters. The fourth-order valence-corrected chi connectivity index (χ4v) is 1.99. The standard InChI is InChI=1S/C9H7Br2ClO2/c1-5(9(12)13)14-8-3-2-6(10)4-7(8)11/h2-5H,1H3/t5-/m1/s1. The number of carbonyl (C=O) groups is 1. The Kier molecular flexibility index (Phi) is 4.41. The van der Waals surface area contributed by atoms with Crippen molar-refractivity contribution in [2.75, 3.05) is 0 Å². The molecule has 0 aliphatic carbocycles. The van der Waals surface area contributed by atoms with Crippen molar-refractivity contribution in [2.45, 2.75) is 13.0 Å². The predicted octanol–water partition coefficient (Wildman–Crippen LogP) is 3.74. The van der Waals surface area contributed by atoms with Gasteiger partial charge in [-0.2, -0.15) is 0 Å². The lowest BCUT2D eigenvalue weighted by Crippen LogP contribution is -2.19. The molecule has 0 N–H and O–H groups in total. The van der Waals surface area contributed by atoms with E-state index in [0.717, 1.165) is 8.95 Å². The Labute approximate surface area is 104 Å². The van der Waals surface area contributed by atoms with Crippen LogP contribution in [0, 0.1) is 0 Å². The van der Waals surface area contributed by atoms with E-state index in [9.17, 15) is 4.79 Å². The molecule has 76 valence electrons. The van der Waals surface area contributed by atoms with E-state index in [1.165, 1.54) is 0 Å². The maximum atomic E-state index is 10.7. The highest BCUT2D eigenvalue weighted by atomic mass is 79.9. The van der Waals surface area contributed by atoms with Crippen LogP contribution < -0.4 is 4.74 Å². The minimum Gasteiger partial charge on any atom is -0.480 e. The quantitative estimate of drug-likeness (QED) is 0.782. The molecule has 0 unspecified atom stereocenters. The van der Waals surface area contributed by atoms with Crippen LogP contribution in [0.1, 0.15) is 6.92 Å². The van der Waals surface area contributed by atoms with Gasteiger partial charge in [-0.15, -0.1) is 0 Å². The molecule has 0 radical (unpaired) electrons. The highest BCUT2D eigenvalue weighted by Gasteiger charge is 2.13. The highest BCUT2D eigenvalue weighted by molar-refractivity contribution is 9.11. The van der Waals surface area contributed by atoms with Crippen molar-refractivity contribution in [1.29, 1.82) is 0 Å². The first-order valence-electron chi connectivity index (χ1n) is 3.81. The van der Waals surface area contributed by atoms with E-state index in [4.69, 9.17) is 16.3 Å². The minimum absolute atomic E-state index is 0.514. The van der Waals surface area contributed by atoms with Gasteiger partial charge in [0.2, 0.25) is 0 Å². The van der Waals surface area contributed by atoms with Gasteiger partial charge < -0.3 is 4.74 Å². The molecule has 1 rings (SSSR count). The molecule has 0 amide bonds. The maximum absolute atomic E-state index is 10.7. The molecule has 0 fully saturated rings. The van der Waals surface area contributed by atoms with Crippen LogP contribution in [0.3, 0.4) is 0 Å². The van der Waals surface area contributed by atoms with E-state index in [1.54, 1.807) is 13.0 Å². The summed E-state index contributed by atoms with van der Waals surface area (Å²) < 4.78 is 7.02. The van der Waals surface area contributed by atoms with Crippen molar-refractivity contribution in [3.05, 3.63) is 27.1 Å². The highest BCUT2D eigenvalue weighted by Crippen LogP contribution is 2.29. The van der Waals surface area contributed by atoms with Gasteiger partial charge in [0.15, 0.2) is 6.10 Å². The second kappa shape index (κ2) is 5.14. The number of rotatable bonds is 3. The SMILES string of the molecule is C[C@@H](Oc1ccc(Br)cc1Br)C(=O)Cl. The van der Waals surface area contributed by atoms with Crippen LogP contribution in [0.15, 0.2) is 27.1 Å². The Hall–Kier alpha value is -0.0600. The first-order chi connectivity index (χ1) is 6.50. The molecule has 2 nitrogen and oxygen atoms in total. The van der Waals surface area contributed by atoms with Crippen LogP contribution in [-0.4, -0.2) is 11.3 Å². The van der Waals surface area contributed by atoms with Crippen molar-refractivity contribution in [3.8, 4) is 5.75 Å². The molecule has 0 aromatic heterocycles. The van der Waals surface area contributed by atoms with Crippen LogP contribution in [0.2, 0.25) is 0 Å². The van der Waals surface area contributed by atoms with Gasteiger partial charge in [0.1, 0.15) is 5.75 Å². The summed E-state index contributed by atoms with van der Waals surface area (Å²) in [6.07, 6.45) is -0.644. The van der Waals surface area contributed by atoms with Crippen molar-refractivity contribution in [1.82, 2.24) is 0 Å². The molecule has 1 aromatic rings. The zero-order valence-electron chi connectivity index (χ0n) is 7.26. The van der Waals surface area contributed by atoms with E-state index in [-0.39, 0.29) is 0 Å². The molecule has 0 saturated carbocycles. The second-order valence-corrected chi connectivity index (χ2v) is 4.78. The maximum Gasteiger partial charge on any atom is 0.262 e. The lowest BCUT2D eigenvalue weighted by atomic mass is 10.3. The van der Waals surface area contributed by atoms with Gasteiger partial charge in [0, 0.05) is 4.47 Å². The Morgan fingerprint density at radius 2 is 2.14 bits per heavy atom. The number of hydrogen-bond donors (Lipinski definition) is 0. The summed E-state index contributed by atoms with van der Waals surface area (Å²) >= 11 is 11.9. The molecule has 0 saturated heterocycles. The number of hydrogen-bond acceptors (Lipinski definition) is 2. The normalized spacial score (nSPS) is 12.3. The summed E-state index contributed by atoms with van der Waals surface area (Å²) in [4.78, 5) is 10.7. The third-order valence-corrected chi connectivity index (χ3v) is 2.94. The molecule has 5 heteroatoms.